The van der Waals surface area contributed by atoms with Crippen LogP contribution < -0.4 is 5.73 Å². The second-order valence-corrected chi connectivity index (χ2v) is 7.91. The molecule has 156 valence electrons. The van der Waals surface area contributed by atoms with Gasteiger partial charge in [-0.15, -0.1) is 0 Å². The highest BCUT2D eigenvalue weighted by Gasteiger charge is 2.17. The Hall–Kier alpha value is -4.02. The molecule has 5 aromatic rings. The average Bonchev–Trinajstić information content (AvgIpc) is 2.84. The van der Waals surface area contributed by atoms with E-state index in [9.17, 15) is 5.11 Å². The van der Waals surface area contributed by atoms with Gasteiger partial charge in [0, 0.05) is 29.4 Å². The van der Waals surface area contributed by atoms with Crippen LogP contribution >= 0.6 is 0 Å². The minimum absolute atomic E-state index is 0.0221. The highest BCUT2D eigenvalue weighted by atomic mass is 16.3. The second kappa shape index (κ2) is 8.25. The van der Waals surface area contributed by atoms with Crippen LogP contribution in [0.25, 0.3) is 44.4 Å². The zero-order valence-corrected chi connectivity index (χ0v) is 17.8. The quantitative estimate of drug-likeness (QED) is 0.370. The number of rotatable bonds is 4. The molecule has 0 amide bonds. The number of aromatic hydroxyl groups is 1. The molecular formula is C28H23N3O. The van der Waals surface area contributed by atoms with E-state index >= 15 is 0 Å². The fourth-order valence-corrected chi connectivity index (χ4v) is 4.03. The van der Waals surface area contributed by atoms with Crippen molar-refractivity contribution in [3.05, 3.63) is 102 Å². The van der Waals surface area contributed by atoms with E-state index in [1.54, 1.807) is 6.20 Å². The van der Waals surface area contributed by atoms with Crippen LogP contribution in [0.15, 0.2) is 91.1 Å². The van der Waals surface area contributed by atoms with Crippen LogP contribution in [0, 0.1) is 6.92 Å². The molecule has 0 saturated heterocycles. The van der Waals surface area contributed by atoms with E-state index in [0.29, 0.717) is 11.9 Å². The molecule has 0 bridgehead atoms. The first-order valence-corrected chi connectivity index (χ1v) is 10.6. The van der Waals surface area contributed by atoms with Gasteiger partial charge in [0.2, 0.25) is 5.88 Å². The number of aryl methyl sites for hydroxylation is 1. The first kappa shape index (κ1) is 19.9. The van der Waals surface area contributed by atoms with E-state index in [2.05, 4.69) is 48.3 Å². The van der Waals surface area contributed by atoms with Crippen molar-refractivity contribution in [1.29, 1.82) is 0 Å². The van der Waals surface area contributed by atoms with E-state index in [0.717, 1.165) is 50.2 Å². The topological polar surface area (TPSA) is 72.0 Å². The summed E-state index contributed by atoms with van der Waals surface area (Å²) in [6, 6.07) is 28.5. The zero-order valence-electron chi connectivity index (χ0n) is 17.8. The fourth-order valence-electron chi connectivity index (χ4n) is 4.03. The van der Waals surface area contributed by atoms with Crippen molar-refractivity contribution >= 4 is 10.9 Å². The third-order valence-corrected chi connectivity index (χ3v) is 5.71. The highest BCUT2D eigenvalue weighted by molar-refractivity contribution is 6.00. The number of nitrogens with two attached hydrogens (primary N) is 1. The largest absolute Gasteiger partial charge is 0.493 e. The maximum absolute atomic E-state index is 10.6. The van der Waals surface area contributed by atoms with Crippen molar-refractivity contribution in [2.24, 2.45) is 5.73 Å². The average molecular weight is 418 g/mol. The van der Waals surface area contributed by atoms with Crippen LogP contribution in [0.2, 0.25) is 0 Å². The molecule has 32 heavy (non-hydrogen) atoms. The van der Waals surface area contributed by atoms with Gasteiger partial charge in [-0.1, -0.05) is 84.4 Å². The van der Waals surface area contributed by atoms with Gasteiger partial charge in [-0.3, -0.25) is 0 Å². The molecule has 0 aliphatic carbocycles. The van der Waals surface area contributed by atoms with E-state index in [4.69, 9.17) is 10.7 Å². The molecule has 2 aromatic heterocycles. The molecule has 0 unspecified atom stereocenters. The summed E-state index contributed by atoms with van der Waals surface area (Å²) in [7, 11) is 0. The van der Waals surface area contributed by atoms with E-state index < -0.39 is 0 Å². The molecule has 3 N–H and O–H groups in total. The predicted molar refractivity (Wildman–Crippen MR) is 130 cm³/mol. The normalized spacial score (nSPS) is 11.1. The number of hydrogen-bond donors (Lipinski definition) is 2. The first-order chi connectivity index (χ1) is 15.6. The second-order valence-electron chi connectivity index (χ2n) is 7.91. The fraction of sp³-hybridized carbons (Fsp3) is 0.0714. The molecule has 0 aliphatic heterocycles. The lowest BCUT2D eigenvalue weighted by atomic mass is 9.95. The number of fused-ring (bicyclic) bond motifs is 1. The van der Waals surface area contributed by atoms with Crippen molar-refractivity contribution in [3.63, 3.8) is 0 Å². The number of aromatic nitrogens is 2. The SMILES string of the molecule is Cc1cccc(-c2cnc(O)c3cc(-c4ccccc4)c(-c4ccc(CN)cc4)nc23)c1. The number of benzene rings is 3. The van der Waals surface area contributed by atoms with Crippen molar-refractivity contribution in [3.8, 4) is 39.4 Å². The van der Waals surface area contributed by atoms with Crippen LogP contribution in [-0.2, 0) is 6.54 Å². The van der Waals surface area contributed by atoms with Gasteiger partial charge >= 0.3 is 0 Å². The third-order valence-electron chi connectivity index (χ3n) is 5.71. The summed E-state index contributed by atoms with van der Waals surface area (Å²) < 4.78 is 0. The Balaban J connectivity index is 1.83. The van der Waals surface area contributed by atoms with Crippen LogP contribution in [0.3, 0.4) is 0 Å². The molecule has 0 radical (unpaired) electrons. The van der Waals surface area contributed by atoms with Gasteiger partial charge in [-0.2, -0.15) is 0 Å². The summed E-state index contributed by atoms with van der Waals surface area (Å²) in [5.74, 6) is -0.0221. The van der Waals surface area contributed by atoms with Crippen molar-refractivity contribution in [1.82, 2.24) is 9.97 Å². The minimum Gasteiger partial charge on any atom is -0.493 e. The number of nitrogens with zero attached hydrogens (tertiary/aromatic N) is 2. The maximum atomic E-state index is 10.6. The molecule has 4 heteroatoms. The van der Waals surface area contributed by atoms with E-state index in [-0.39, 0.29) is 5.88 Å². The molecule has 2 heterocycles. The van der Waals surface area contributed by atoms with Crippen molar-refractivity contribution < 1.29 is 5.11 Å². The van der Waals surface area contributed by atoms with Gasteiger partial charge in [-0.05, 0) is 29.7 Å². The van der Waals surface area contributed by atoms with Gasteiger partial charge in [-0.25, -0.2) is 9.97 Å². The van der Waals surface area contributed by atoms with Gasteiger partial charge in [0.15, 0.2) is 0 Å². The number of pyridine rings is 2. The van der Waals surface area contributed by atoms with Crippen LogP contribution in [-0.4, -0.2) is 15.1 Å². The summed E-state index contributed by atoms with van der Waals surface area (Å²) in [4.78, 5) is 9.39. The molecule has 0 spiro atoms. The first-order valence-electron chi connectivity index (χ1n) is 10.6. The molecule has 4 nitrogen and oxygen atoms in total. The van der Waals surface area contributed by atoms with Gasteiger partial charge in [0.1, 0.15) is 0 Å². The minimum atomic E-state index is -0.0221. The van der Waals surface area contributed by atoms with Gasteiger partial charge in [0.05, 0.1) is 16.6 Å². The molecule has 0 atom stereocenters. The Kier molecular flexibility index (Phi) is 5.13. The third kappa shape index (κ3) is 3.61. The molecule has 3 aromatic carbocycles. The van der Waals surface area contributed by atoms with Crippen molar-refractivity contribution in [2.75, 3.05) is 0 Å². The smallest absolute Gasteiger partial charge is 0.220 e. The molecule has 5 rings (SSSR count). The lowest BCUT2D eigenvalue weighted by molar-refractivity contribution is 0.460. The monoisotopic (exact) mass is 417 g/mol. The lowest BCUT2D eigenvalue weighted by Gasteiger charge is -2.15. The van der Waals surface area contributed by atoms with Crippen LogP contribution in [0.5, 0.6) is 5.88 Å². The van der Waals surface area contributed by atoms with Gasteiger partial charge < -0.3 is 10.8 Å². The Labute approximate surface area is 187 Å². The van der Waals surface area contributed by atoms with Crippen molar-refractivity contribution in [2.45, 2.75) is 13.5 Å². The van der Waals surface area contributed by atoms with E-state index in [1.807, 2.05) is 48.5 Å². The highest BCUT2D eigenvalue weighted by Crippen LogP contribution is 2.38. The summed E-state index contributed by atoms with van der Waals surface area (Å²) in [5, 5.41) is 11.3. The summed E-state index contributed by atoms with van der Waals surface area (Å²) >= 11 is 0. The lowest BCUT2D eigenvalue weighted by Crippen LogP contribution is -1.97. The summed E-state index contributed by atoms with van der Waals surface area (Å²) in [5.41, 5.74) is 14.5. The Morgan fingerprint density at radius 2 is 1.53 bits per heavy atom. The maximum Gasteiger partial charge on any atom is 0.220 e. The van der Waals surface area contributed by atoms with Gasteiger partial charge in [0.25, 0.3) is 0 Å². The predicted octanol–water partition coefficient (Wildman–Crippen LogP) is 6.10. The Bertz CT molecular complexity index is 1410. The van der Waals surface area contributed by atoms with E-state index in [1.165, 1.54) is 0 Å². The summed E-state index contributed by atoms with van der Waals surface area (Å²) in [6.07, 6.45) is 1.70. The number of hydrogen-bond acceptors (Lipinski definition) is 4. The van der Waals surface area contributed by atoms with Crippen LogP contribution in [0.4, 0.5) is 0 Å². The van der Waals surface area contributed by atoms with Crippen LogP contribution in [0.1, 0.15) is 11.1 Å². The standard InChI is InChI=1S/C28H23N3O/c1-18-6-5-9-22(14-18)25-17-30-28(32)24-15-23(20-7-3-2-4-8-20)26(31-27(24)25)21-12-10-19(16-29)11-13-21/h2-15,17H,16,29H2,1H3,(H,30,32). The molecule has 0 fully saturated rings. The zero-order chi connectivity index (χ0) is 22.1. The molecule has 0 aliphatic rings. The molecule has 0 saturated carbocycles. The Morgan fingerprint density at radius 1 is 0.781 bits per heavy atom. The molecular weight excluding hydrogens is 394 g/mol. The Morgan fingerprint density at radius 3 is 2.25 bits per heavy atom. The summed E-state index contributed by atoms with van der Waals surface area (Å²) in [6.45, 7) is 2.55.